The molecule has 0 bridgehead atoms. The minimum Gasteiger partial charge on any atom is -0.508 e. The van der Waals surface area contributed by atoms with E-state index in [-0.39, 0.29) is 0 Å². The van der Waals surface area contributed by atoms with Crippen LogP contribution in [0.5, 0.6) is 5.75 Å². The third kappa shape index (κ3) is 2.01. The van der Waals surface area contributed by atoms with Gasteiger partial charge in [0.1, 0.15) is 5.75 Å². The van der Waals surface area contributed by atoms with Gasteiger partial charge in [0.15, 0.2) is 0 Å². The van der Waals surface area contributed by atoms with Gasteiger partial charge in [0, 0.05) is 17.7 Å². The lowest BCUT2D eigenvalue weighted by atomic mass is 10.0. The zero-order valence-electron chi connectivity index (χ0n) is 8.91. The van der Waals surface area contributed by atoms with Crippen LogP contribution in [0.4, 0.5) is 0 Å². The third-order valence-corrected chi connectivity index (χ3v) is 2.57. The standard InChI is InChI=1S/C12H14N2O/c1-8-12(9(2)14-13-8)7-10-4-3-5-11(15)6-10/h3-6,15H,7H2,1-2H3,(H,13,14). The molecule has 0 fully saturated rings. The number of rotatable bonds is 2. The number of nitrogens with one attached hydrogen (secondary N) is 1. The molecule has 0 saturated carbocycles. The van der Waals surface area contributed by atoms with E-state index in [4.69, 9.17) is 0 Å². The van der Waals surface area contributed by atoms with Crippen molar-refractivity contribution in [2.45, 2.75) is 20.3 Å². The Morgan fingerprint density at radius 1 is 1.33 bits per heavy atom. The summed E-state index contributed by atoms with van der Waals surface area (Å²) in [6.07, 6.45) is 0.808. The smallest absolute Gasteiger partial charge is 0.115 e. The molecule has 1 aromatic carbocycles. The van der Waals surface area contributed by atoms with Crippen molar-refractivity contribution in [3.63, 3.8) is 0 Å². The summed E-state index contributed by atoms with van der Waals surface area (Å²) in [6.45, 7) is 4.00. The van der Waals surface area contributed by atoms with Crippen LogP contribution >= 0.6 is 0 Å². The summed E-state index contributed by atoms with van der Waals surface area (Å²) < 4.78 is 0. The zero-order valence-corrected chi connectivity index (χ0v) is 8.91. The number of aromatic hydroxyl groups is 1. The van der Waals surface area contributed by atoms with Crippen LogP contribution in [0.25, 0.3) is 0 Å². The Labute approximate surface area is 88.8 Å². The second kappa shape index (κ2) is 3.77. The van der Waals surface area contributed by atoms with Gasteiger partial charge in [0.25, 0.3) is 0 Å². The minimum atomic E-state index is 0.311. The van der Waals surface area contributed by atoms with E-state index < -0.39 is 0 Å². The lowest BCUT2D eigenvalue weighted by molar-refractivity contribution is 0.474. The maximum absolute atomic E-state index is 9.36. The van der Waals surface area contributed by atoms with Gasteiger partial charge >= 0.3 is 0 Å². The number of phenols is 1. The molecule has 15 heavy (non-hydrogen) atoms. The highest BCUT2D eigenvalue weighted by Gasteiger charge is 2.07. The Morgan fingerprint density at radius 3 is 2.73 bits per heavy atom. The number of benzene rings is 1. The molecule has 2 N–H and O–H groups in total. The topological polar surface area (TPSA) is 48.9 Å². The van der Waals surface area contributed by atoms with E-state index in [2.05, 4.69) is 10.2 Å². The van der Waals surface area contributed by atoms with E-state index >= 15 is 0 Å². The van der Waals surface area contributed by atoms with Gasteiger partial charge in [-0.15, -0.1) is 0 Å². The van der Waals surface area contributed by atoms with Crippen LogP contribution in [0.2, 0.25) is 0 Å². The average molecular weight is 202 g/mol. The number of nitrogens with zero attached hydrogens (tertiary/aromatic N) is 1. The molecule has 3 heteroatoms. The van der Waals surface area contributed by atoms with Gasteiger partial charge < -0.3 is 5.11 Å². The second-order valence-corrected chi connectivity index (χ2v) is 3.76. The normalized spacial score (nSPS) is 10.5. The molecule has 0 atom stereocenters. The molecule has 0 saturated heterocycles. The molecule has 2 rings (SSSR count). The molecular weight excluding hydrogens is 188 g/mol. The van der Waals surface area contributed by atoms with Crippen molar-refractivity contribution in [3.8, 4) is 5.75 Å². The highest BCUT2D eigenvalue weighted by atomic mass is 16.3. The molecule has 0 aliphatic heterocycles. The fourth-order valence-electron chi connectivity index (χ4n) is 1.71. The van der Waals surface area contributed by atoms with Crippen molar-refractivity contribution in [3.05, 3.63) is 46.8 Å². The third-order valence-electron chi connectivity index (χ3n) is 2.57. The van der Waals surface area contributed by atoms with Gasteiger partial charge in [-0.25, -0.2) is 0 Å². The van der Waals surface area contributed by atoms with Crippen LogP contribution in [-0.4, -0.2) is 15.3 Å². The number of aromatic amines is 1. The molecule has 0 radical (unpaired) electrons. The fourth-order valence-corrected chi connectivity index (χ4v) is 1.71. The molecular formula is C12H14N2O. The van der Waals surface area contributed by atoms with Crippen LogP contribution in [0, 0.1) is 13.8 Å². The Balaban J connectivity index is 2.29. The van der Waals surface area contributed by atoms with Crippen molar-refractivity contribution >= 4 is 0 Å². The quantitative estimate of drug-likeness (QED) is 0.785. The average Bonchev–Trinajstić information content (AvgIpc) is 2.50. The first-order valence-corrected chi connectivity index (χ1v) is 4.95. The van der Waals surface area contributed by atoms with E-state index in [1.807, 2.05) is 26.0 Å². The molecule has 1 aromatic heterocycles. The molecule has 0 spiro atoms. The molecule has 78 valence electrons. The highest BCUT2D eigenvalue weighted by molar-refractivity contribution is 5.34. The summed E-state index contributed by atoms with van der Waals surface area (Å²) in [5.74, 6) is 0.311. The number of H-pyrrole nitrogens is 1. The van der Waals surface area contributed by atoms with Crippen LogP contribution in [0.3, 0.4) is 0 Å². The fraction of sp³-hybridized carbons (Fsp3) is 0.250. The lowest BCUT2D eigenvalue weighted by Gasteiger charge is -2.02. The highest BCUT2D eigenvalue weighted by Crippen LogP contribution is 2.18. The van der Waals surface area contributed by atoms with E-state index in [9.17, 15) is 5.11 Å². The number of hydrogen-bond acceptors (Lipinski definition) is 2. The molecule has 2 aromatic rings. The summed E-state index contributed by atoms with van der Waals surface area (Å²) in [7, 11) is 0. The molecule has 3 nitrogen and oxygen atoms in total. The maximum atomic E-state index is 9.36. The SMILES string of the molecule is Cc1n[nH]c(C)c1Cc1cccc(O)c1. The second-order valence-electron chi connectivity index (χ2n) is 3.76. The van der Waals surface area contributed by atoms with Crippen LogP contribution < -0.4 is 0 Å². The van der Waals surface area contributed by atoms with Crippen molar-refractivity contribution in [1.29, 1.82) is 0 Å². The molecule has 0 aliphatic rings. The Morgan fingerprint density at radius 2 is 2.13 bits per heavy atom. The number of phenolic OH excluding ortho intramolecular Hbond substituents is 1. The largest absolute Gasteiger partial charge is 0.508 e. The first-order valence-electron chi connectivity index (χ1n) is 4.95. The molecule has 0 unspecified atom stereocenters. The van der Waals surface area contributed by atoms with Gasteiger partial charge in [0.05, 0.1) is 5.69 Å². The van der Waals surface area contributed by atoms with Gasteiger partial charge in [-0.05, 0) is 31.5 Å². The summed E-state index contributed by atoms with van der Waals surface area (Å²) in [4.78, 5) is 0. The van der Waals surface area contributed by atoms with Crippen LogP contribution in [0.15, 0.2) is 24.3 Å². The van der Waals surface area contributed by atoms with E-state index in [1.165, 1.54) is 5.56 Å². The van der Waals surface area contributed by atoms with E-state index in [0.717, 1.165) is 23.4 Å². The predicted molar refractivity (Wildman–Crippen MR) is 59.0 cm³/mol. The summed E-state index contributed by atoms with van der Waals surface area (Å²) in [5.41, 5.74) is 4.43. The molecule has 0 amide bonds. The zero-order chi connectivity index (χ0) is 10.8. The Bertz CT molecular complexity index is 455. The van der Waals surface area contributed by atoms with Crippen molar-refractivity contribution in [2.24, 2.45) is 0 Å². The van der Waals surface area contributed by atoms with Gasteiger partial charge in [0.2, 0.25) is 0 Å². The monoisotopic (exact) mass is 202 g/mol. The minimum absolute atomic E-state index is 0.311. The lowest BCUT2D eigenvalue weighted by Crippen LogP contribution is -1.91. The maximum Gasteiger partial charge on any atom is 0.115 e. The van der Waals surface area contributed by atoms with Crippen LogP contribution in [-0.2, 0) is 6.42 Å². The first-order chi connectivity index (χ1) is 7.16. The Hall–Kier alpha value is -1.77. The summed E-state index contributed by atoms with van der Waals surface area (Å²) in [6, 6.07) is 7.32. The van der Waals surface area contributed by atoms with Gasteiger partial charge in [-0.3, -0.25) is 5.10 Å². The van der Waals surface area contributed by atoms with Crippen molar-refractivity contribution in [1.82, 2.24) is 10.2 Å². The van der Waals surface area contributed by atoms with E-state index in [1.54, 1.807) is 12.1 Å². The molecule has 1 heterocycles. The number of aryl methyl sites for hydroxylation is 2. The predicted octanol–water partition coefficient (Wildman–Crippen LogP) is 2.32. The number of hydrogen-bond donors (Lipinski definition) is 2. The van der Waals surface area contributed by atoms with E-state index in [0.29, 0.717) is 5.75 Å². The molecule has 0 aliphatic carbocycles. The van der Waals surface area contributed by atoms with Crippen molar-refractivity contribution in [2.75, 3.05) is 0 Å². The van der Waals surface area contributed by atoms with Gasteiger partial charge in [-0.1, -0.05) is 12.1 Å². The van der Waals surface area contributed by atoms with Crippen LogP contribution in [0.1, 0.15) is 22.5 Å². The number of aromatic nitrogens is 2. The van der Waals surface area contributed by atoms with Crippen molar-refractivity contribution < 1.29 is 5.11 Å². The summed E-state index contributed by atoms with van der Waals surface area (Å²) >= 11 is 0. The summed E-state index contributed by atoms with van der Waals surface area (Å²) in [5, 5.41) is 16.5. The first kappa shape index (κ1) is 9.77. The van der Waals surface area contributed by atoms with Gasteiger partial charge in [-0.2, -0.15) is 5.10 Å². The Kier molecular flexibility index (Phi) is 2.46.